The first-order valence-electron chi connectivity index (χ1n) is 7.34. The van der Waals surface area contributed by atoms with Crippen LogP contribution >= 0.6 is 0 Å². The minimum absolute atomic E-state index is 0.00821. The SMILES string of the molecule is Cc1c(-c2ccc(F)cc2)nc(N)c(C#N)c1-c1ccc(F)cc1F. The van der Waals surface area contributed by atoms with E-state index >= 15 is 0 Å². The Bertz CT molecular complexity index is 1010. The largest absolute Gasteiger partial charge is 0.383 e. The molecule has 1 aromatic heterocycles. The summed E-state index contributed by atoms with van der Waals surface area (Å²) in [6.07, 6.45) is 0. The lowest BCUT2D eigenvalue weighted by atomic mass is 9.92. The predicted octanol–water partition coefficient (Wildman–Crippen LogP) is 4.60. The highest BCUT2D eigenvalue weighted by Gasteiger charge is 2.20. The lowest BCUT2D eigenvalue weighted by molar-refractivity contribution is 0.585. The average molecular weight is 339 g/mol. The van der Waals surface area contributed by atoms with Gasteiger partial charge in [-0.05, 0) is 48.9 Å². The van der Waals surface area contributed by atoms with Crippen LogP contribution in [-0.2, 0) is 0 Å². The van der Waals surface area contributed by atoms with Crippen molar-refractivity contribution in [2.45, 2.75) is 6.92 Å². The molecule has 3 nitrogen and oxygen atoms in total. The van der Waals surface area contributed by atoms with E-state index in [-0.39, 0.29) is 22.5 Å². The number of aromatic nitrogens is 1. The quantitative estimate of drug-likeness (QED) is 0.742. The molecule has 6 heteroatoms. The van der Waals surface area contributed by atoms with E-state index in [1.54, 1.807) is 6.92 Å². The summed E-state index contributed by atoms with van der Waals surface area (Å²) in [7, 11) is 0. The Labute approximate surface area is 142 Å². The van der Waals surface area contributed by atoms with Crippen molar-refractivity contribution in [1.82, 2.24) is 4.98 Å². The molecule has 0 saturated carbocycles. The number of halogens is 3. The number of benzene rings is 2. The summed E-state index contributed by atoms with van der Waals surface area (Å²) < 4.78 is 40.7. The van der Waals surface area contributed by atoms with Gasteiger partial charge in [-0.2, -0.15) is 5.26 Å². The molecule has 0 aliphatic rings. The zero-order valence-corrected chi connectivity index (χ0v) is 13.1. The molecule has 0 saturated heterocycles. The van der Waals surface area contributed by atoms with Crippen LogP contribution in [0.1, 0.15) is 11.1 Å². The Balaban J connectivity index is 2.34. The second kappa shape index (κ2) is 6.29. The lowest BCUT2D eigenvalue weighted by Gasteiger charge is -2.15. The number of nitrogen functional groups attached to an aromatic ring is 1. The van der Waals surface area contributed by atoms with Gasteiger partial charge in [0.1, 0.15) is 34.9 Å². The molecule has 1 heterocycles. The molecular weight excluding hydrogens is 327 g/mol. The molecule has 0 aliphatic carbocycles. The van der Waals surface area contributed by atoms with Crippen molar-refractivity contribution in [2.24, 2.45) is 0 Å². The predicted molar refractivity (Wildman–Crippen MR) is 88.8 cm³/mol. The minimum atomic E-state index is -0.810. The first-order valence-corrected chi connectivity index (χ1v) is 7.34. The first kappa shape index (κ1) is 16.5. The molecule has 0 atom stereocenters. The van der Waals surface area contributed by atoms with Crippen LogP contribution in [0.3, 0.4) is 0 Å². The maximum atomic E-state index is 14.3. The molecule has 0 bridgehead atoms. The van der Waals surface area contributed by atoms with Gasteiger partial charge in [0.15, 0.2) is 0 Å². The molecule has 2 aromatic carbocycles. The van der Waals surface area contributed by atoms with Crippen LogP contribution in [0.4, 0.5) is 19.0 Å². The number of anilines is 1. The maximum absolute atomic E-state index is 14.3. The molecule has 124 valence electrons. The number of pyridine rings is 1. The van der Waals surface area contributed by atoms with Crippen LogP contribution in [0, 0.1) is 35.7 Å². The number of nitrogens with two attached hydrogens (primary N) is 1. The van der Waals surface area contributed by atoms with Gasteiger partial charge in [-0.25, -0.2) is 18.2 Å². The number of nitriles is 1. The number of hydrogen-bond acceptors (Lipinski definition) is 3. The third-order valence-corrected chi connectivity index (χ3v) is 3.90. The van der Waals surface area contributed by atoms with Gasteiger partial charge in [-0.1, -0.05) is 0 Å². The highest BCUT2D eigenvalue weighted by Crippen LogP contribution is 2.37. The van der Waals surface area contributed by atoms with Crippen molar-refractivity contribution >= 4 is 5.82 Å². The van der Waals surface area contributed by atoms with Gasteiger partial charge < -0.3 is 5.73 Å². The first-order chi connectivity index (χ1) is 11.9. The van der Waals surface area contributed by atoms with Crippen molar-refractivity contribution in [3.63, 3.8) is 0 Å². The molecule has 0 amide bonds. The number of nitrogens with zero attached hydrogens (tertiary/aromatic N) is 2. The molecule has 3 aromatic rings. The number of hydrogen-bond donors (Lipinski definition) is 1. The second-order valence-corrected chi connectivity index (χ2v) is 5.46. The zero-order valence-electron chi connectivity index (χ0n) is 13.1. The Morgan fingerprint density at radius 2 is 1.64 bits per heavy atom. The van der Waals surface area contributed by atoms with Crippen LogP contribution in [0.15, 0.2) is 42.5 Å². The van der Waals surface area contributed by atoms with E-state index in [2.05, 4.69) is 4.98 Å². The minimum Gasteiger partial charge on any atom is -0.383 e. The topological polar surface area (TPSA) is 62.7 Å². The number of rotatable bonds is 2. The van der Waals surface area contributed by atoms with Crippen molar-refractivity contribution in [1.29, 1.82) is 5.26 Å². The van der Waals surface area contributed by atoms with Crippen molar-refractivity contribution in [3.05, 3.63) is 71.0 Å². The highest BCUT2D eigenvalue weighted by molar-refractivity contribution is 5.84. The van der Waals surface area contributed by atoms with Gasteiger partial charge in [0, 0.05) is 22.8 Å². The summed E-state index contributed by atoms with van der Waals surface area (Å²) >= 11 is 0. The Hall–Kier alpha value is -3.33. The van der Waals surface area contributed by atoms with Gasteiger partial charge in [0.25, 0.3) is 0 Å². The fourth-order valence-electron chi connectivity index (χ4n) is 2.73. The molecule has 0 fully saturated rings. The third kappa shape index (κ3) is 2.92. The van der Waals surface area contributed by atoms with E-state index in [1.165, 1.54) is 30.3 Å². The molecule has 2 N–H and O–H groups in total. The molecule has 0 radical (unpaired) electrons. The molecule has 0 spiro atoms. The standard InChI is InChI=1S/C19H12F3N3/c1-10-17(14-7-6-13(21)8-16(14)22)15(9-23)19(24)25-18(10)11-2-4-12(20)5-3-11/h2-8H,1H3,(H2,24,25). The van der Waals surface area contributed by atoms with Crippen LogP contribution in [0.25, 0.3) is 22.4 Å². The summed E-state index contributed by atoms with van der Waals surface area (Å²) in [6, 6.07) is 10.6. The lowest BCUT2D eigenvalue weighted by Crippen LogP contribution is -2.04. The van der Waals surface area contributed by atoms with Gasteiger partial charge in [0.2, 0.25) is 0 Å². The highest BCUT2D eigenvalue weighted by atomic mass is 19.1. The van der Waals surface area contributed by atoms with Gasteiger partial charge in [-0.15, -0.1) is 0 Å². The van der Waals surface area contributed by atoms with Crippen molar-refractivity contribution in [2.75, 3.05) is 5.73 Å². The fraction of sp³-hybridized carbons (Fsp3) is 0.0526. The van der Waals surface area contributed by atoms with E-state index in [0.717, 1.165) is 12.1 Å². The molecule has 0 unspecified atom stereocenters. The molecular formula is C19H12F3N3. The summed E-state index contributed by atoms with van der Waals surface area (Å²) in [6.45, 7) is 1.66. The van der Waals surface area contributed by atoms with E-state index in [4.69, 9.17) is 5.73 Å². The Morgan fingerprint density at radius 1 is 1.00 bits per heavy atom. The summed E-state index contributed by atoms with van der Waals surface area (Å²) in [5, 5.41) is 9.41. The van der Waals surface area contributed by atoms with Crippen molar-refractivity contribution < 1.29 is 13.2 Å². The Kier molecular flexibility index (Phi) is 4.15. The van der Waals surface area contributed by atoms with Gasteiger partial charge in [0.05, 0.1) is 5.69 Å². The second-order valence-electron chi connectivity index (χ2n) is 5.46. The van der Waals surface area contributed by atoms with E-state index in [0.29, 0.717) is 16.8 Å². The van der Waals surface area contributed by atoms with Crippen LogP contribution in [-0.4, -0.2) is 4.98 Å². The van der Waals surface area contributed by atoms with Crippen LogP contribution in [0.5, 0.6) is 0 Å². The smallest absolute Gasteiger partial charge is 0.142 e. The van der Waals surface area contributed by atoms with E-state index in [1.807, 2.05) is 6.07 Å². The molecule has 0 aliphatic heterocycles. The zero-order chi connectivity index (χ0) is 18.1. The van der Waals surface area contributed by atoms with E-state index in [9.17, 15) is 18.4 Å². The van der Waals surface area contributed by atoms with Gasteiger partial charge >= 0.3 is 0 Å². The third-order valence-electron chi connectivity index (χ3n) is 3.90. The summed E-state index contributed by atoms with van der Waals surface area (Å²) in [5.41, 5.74) is 7.64. The average Bonchev–Trinajstić information content (AvgIpc) is 2.58. The maximum Gasteiger partial charge on any atom is 0.142 e. The van der Waals surface area contributed by atoms with Crippen molar-refractivity contribution in [3.8, 4) is 28.5 Å². The monoisotopic (exact) mass is 339 g/mol. The van der Waals surface area contributed by atoms with Crippen LogP contribution in [0.2, 0.25) is 0 Å². The summed E-state index contributed by atoms with van der Waals surface area (Å²) in [4.78, 5) is 4.21. The van der Waals surface area contributed by atoms with Gasteiger partial charge in [-0.3, -0.25) is 0 Å². The Morgan fingerprint density at radius 3 is 2.24 bits per heavy atom. The van der Waals surface area contributed by atoms with Crippen LogP contribution < -0.4 is 5.73 Å². The molecule has 3 rings (SSSR count). The normalized spacial score (nSPS) is 10.5. The van der Waals surface area contributed by atoms with E-state index < -0.39 is 17.5 Å². The fourth-order valence-corrected chi connectivity index (χ4v) is 2.73. The molecule has 25 heavy (non-hydrogen) atoms. The summed E-state index contributed by atoms with van der Waals surface area (Å²) in [5.74, 6) is -2.02.